The Kier molecular flexibility index (Phi) is 4.19. The highest BCUT2D eigenvalue weighted by Crippen LogP contribution is 2.30. The fourth-order valence-corrected chi connectivity index (χ4v) is 3.23. The van der Waals surface area contributed by atoms with E-state index in [9.17, 15) is 4.79 Å². The van der Waals surface area contributed by atoms with Gasteiger partial charge in [0.2, 0.25) is 0 Å². The topological polar surface area (TPSA) is 42.0 Å². The maximum absolute atomic E-state index is 12.3. The number of nitrogens with zero attached hydrogens (tertiary/aromatic N) is 1. The molecule has 2 rings (SSSR count). The van der Waals surface area contributed by atoms with Crippen LogP contribution < -0.4 is 5.32 Å². The van der Waals surface area contributed by atoms with Gasteiger partial charge < -0.3 is 5.32 Å². The van der Waals surface area contributed by atoms with Crippen LogP contribution in [0.1, 0.15) is 47.3 Å². The Morgan fingerprint density at radius 3 is 2.43 bits per heavy atom. The van der Waals surface area contributed by atoms with Gasteiger partial charge in [0, 0.05) is 11.1 Å². The lowest BCUT2D eigenvalue weighted by molar-refractivity contribution is 0.0923. The van der Waals surface area contributed by atoms with E-state index in [-0.39, 0.29) is 11.4 Å². The summed E-state index contributed by atoms with van der Waals surface area (Å²) in [4.78, 5) is 17.6. The largest absolute Gasteiger partial charge is 0.347 e. The van der Waals surface area contributed by atoms with Gasteiger partial charge in [-0.3, -0.25) is 4.79 Å². The molecule has 0 bridgehead atoms. The minimum absolute atomic E-state index is 0.0477. The fraction of sp³-hybridized carbons (Fsp3) is 0.412. The van der Waals surface area contributed by atoms with Crippen molar-refractivity contribution in [2.24, 2.45) is 0 Å². The van der Waals surface area contributed by atoms with Crippen molar-refractivity contribution in [2.75, 3.05) is 0 Å². The zero-order valence-corrected chi connectivity index (χ0v) is 14.3. The average Bonchev–Trinajstić information content (AvgIpc) is 2.68. The molecule has 1 aromatic heterocycles. The number of amides is 1. The predicted molar refractivity (Wildman–Crippen MR) is 89.0 cm³/mol. The molecule has 0 aliphatic heterocycles. The van der Waals surface area contributed by atoms with Crippen LogP contribution in [0.5, 0.6) is 0 Å². The smallest absolute Gasteiger partial charge is 0.263 e. The van der Waals surface area contributed by atoms with Gasteiger partial charge in [0.25, 0.3) is 5.91 Å². The molecule has 4 heteroatoms. The highest BCUT2D eigenvalue weighted by atomic mass is 32.1. The third kappa shape index (κ3) is 3.70. The predicted octanol–water partition coefficient (Wildman–Crippen LogP) is 4.26. The van der Waals surface area contributed by atoms with Crippen LogP contribution in [0.4, 0.5) is 0 Å². The van der Waals surface area contributed by atoms with E-state index in [2.05, 4.69) is 42.3 Å². The van der Waals surface area contributed by atoms with Gasteiger partial charge >= 0.3 is 0 Å². The van der Waals surface area contributed by atoms with Gasteiger partial charge in [-0.1, -0.05) is 23.8 Å². The Balaban J connectivity index is 2.37. The van der Waals surface area contributed by atoms with Gasteiger partial charge in [-0.15, -0.1) is 11.3 Å². The van der Waals surface area contributed by atoms with E-state index in [0.29, 0.717) is 4.88 Å². The molecule has 112 valence electrons. The minimum atomic E-state index is -0.243. The van der Waals surface area contributed by atoms with Gasteiger partial charge in [0.1, 0.15) is 9.88 Å². The maximum Gasteiger partial charge on any atom is 0.263 e. The van der Waals surface area contributed by atoms with Crippen molar-refractivity contribution >= 4 is 17.2 Å². The highest BCUT2D eigenvalue weighted by molar-refractivity contribution is 7.17. The minimum Gasteiger partial charge on any atom is -0.347 e. The number of carbonyl (C=O) groups excluding carboxylic acids is 1. The van der Waals surface area contributed by atoms with E-state index >= 15 is 0 Å². The second kappa shape index (κ2) is 5.60. The van der Waals surface area contributed by atoms with E-state index < -0.39 is 0 Å². The first-order chi connectivity index (χ1) is 9.67. The number of nitrogens with one attached hydrogen (secondary N) is 1. The molecular formula is C17H22N2OS. The summed E-state index contributed by atoms with van der Waals surface area (Å²) in [5, 5.41) is 3.90. The lowest BCUT2D eigenvalue weighted by Gasteiger charge is -2.19. The van der Waals surface area contributed by atoms with Crippen molar-refractivity contribution in [1.82, 2.24) is 10.3 Å². The molecule has 0 saturated heterocycles. The fourth-order valence-electron chi connectivity index (χ4n) is 2.17. The number of carbonyl (C=O) groups is 1. The van der Waals surface area contributed by atoms with Crippen LogP contribution in [0.15, 0.2) is 18.2 Å². The molecule has 0 aliphatic rings. The Bertz CT molecular complexity index is 681. The number of aromatic nitrogens is 1. The van der Waals surface area contributed by atoms with Gasteiger partial charge in [0.15, 0.2) is 0 Å². The van der Waals surface area contributed by atoms with Crippen molar-refractivity contribution < 1.29 is 4.79 Å². The maximum atomic E-state index is 12.3. The quantitative estimate of drug-likeness (QED) is 0.900. The molecule has 0 aliphatic carbocycles. The van der Waals surface area contributed by atoms with E-state index in [1.54, 1.807) is 0 Å². The van der Waals surface area contributed by atoms with E-state index in [0.717, 1.165) is 16.3 Å². The molecule has 0 spiro atoms. The summed E-state index contributed by atoms with van der Waals surface area (Å²) in [5.41, 5.74) is 4.06. The summed E-state index contributed by atoms with van der Waals surface area (Å²) >= 11 is 1.46. The van der Waals surface area contributed by atoms with Gasteiger partial charge in [0.05, 0.1) is 5.69 Å². The molecule has 1 N–H and O–H groups in total. The first-order valence-corrected chi connectivity index (χ1v) is 7.86. The van der Waals surface area contributed by atoms with Crippen molar-refractivity contribution in [3.05, 3.63) is 39.9 Å². The van der Waals surface area contributed by atoms with Crippen LogP contribution in [-0.4, -0.2) is 16.4 Å². The molecule has 1 amide bonds. The van der Waals surface area contributed by atoms with Gasteiger partial charge in [-0.05, 0) is 47.1 Å². The average molecular weight is 302 g/mol. The molecule has 1 heterocycles. The third-order valence-electron chi connectivity index (χ3n) is 3.10. The molecular weight excluding hydrogens is 280 g/mol. The number of aryl methyl sites for hydroxylation is 3. The molecule has 3 nitrogen and oxygen atoms in total. The lowest BCUT2D eigenvalue weighted by atomic mass is 10.1. The van der Waals surface area contributed by atoms with Crippen LogP contribution in [-0.2, 0) is 0 Å². The normalized spacial score (nSPS) is 11.5. The highest BCUT2D eigenvalue weighted by Gasteiger charge is 2.21. The number of rotatable bonds is 2. The SMILES string of the molecule is Cc1ccc(-c2nc(C)c(C(=O)NC(C)(C)C)s2)c(C)c1. The van der Waals surface area contributed by atoms with E-state index in [1.165, 1.54) is 22.5 Å². The zero-order chi connectivity index (χ0) is 15.8. The lowest BCUT2D eigenvalue weighted by Crippen LogP contribution is -2.40. The summed E-state index contributed by atoms with van der Waals surface area (Å²) < 4.78 is 0. The summed E-state index contributed by atoms with van der Waals surface area (Å²) in [7, 11) is 0. The number of hydrogen-bond donors (Lipinski definition) is 1. The number of hydrogen-bond acceptors (Lipinski definition) is 3. The Labute approximate surface area is 130 Å². The summed E-state index contributed by atoms with van der Waals surface area (Å²) in [6.07, 6.45) is 0. The van der Waals surface area contributed by atoms with Crippen LogP contribution >= 0.6 is 11.3 Å². The monoisotopic (exact) mass is 302 g/mol. The number of benzene rings is 1. The molecule has 2 aromatic rings. The third-order valence-corrected chi connectivity index (χ3v) is 4.29. The molecule has 0 fully saturated rings. The summed E-state index contributed by atoms with van der Waals surface area (Å²) in [5.74, 6) is -0.0477. The van der Waals surface area contributed by atoms with Crippen LogP contribution in [0.25, 0.3) is 10.6 Å². The van der Waals surface area contributed by atoms with Crippen molar-refractivity contribution in [1.29, 1.82) is 0 Å². The second-order valence-electron chi connectivity index (χ2n) is 6.46. The van der Waals surface area contributed by atoms with E-state index in [4.69, 9.17) is 0 Å². The Morgan fingerprint density at radius 1 is 1.19 bits per heavy atom. The van der Waals surface area contributed by atoms with Crippen molar-refractivity contribution in [2.45, 2.75) is 47.1 Å². The van der Waals surface area contributed by atoms with Gasteiger partial charge in [-0.25, -0.2) is 4.98 Å². The summed E-state index contributed by atoms with van der Waals surface area (Å²) in [6.45, 7) is 12.0. The molecule has 0 unspecified atom stereocenters. The Hall–Kier alpha value is -1.68. The first-order valence-electron chi connectivity index (χ1n) is 7.05. The molecule has 0 saturated carbocycles. The van der Waals surface area contributed by atoms with Crippen LogP contribution in [0, 0.1) is 20.8 Å². The van der Waals surface area contributed by atoms with Gasteiger partial charge in [-0.2, -0.15) is 0 Å². The van der Waals surface area contributed by atoms with E-state index in [1.807, 2.05) is 27.7 Å². The van der Waals surface area contributed by atoms with Crippen LogP contribution in [0.2, 0.25) is 0 Å². The van der Waals surface area contributed by atoms with Crippen molar-refractivity contribution in [3.63, 3.8) is 0 Å². The molecule has 0 atom stereocenters. The molecule has 21 heavy (non-hydrogen) atoms. The molecule has 0 radical (unpaired) electrons. The Morgan fingerprint density at radius 2 is 1.86 bits per heavy atom. The second-order valence-corrected chi connectivity index (χ2v) is 7.46. The zero-order valence-electron chi connectivity index (χ0n) is 13.5. The molecule has 1 aromatic carbocycles. The van der Waals surface area contributed by atoms with Crippen LogP contribution in [0.3, 0.4) is 0 Å². The number of thiazole rings is 1. The summed E-state index contributed by atoms with van der Waals surface area (Å²) in [6, 6.07) is 6.29. The first kappa shape index (κ1) is 15.7. The standard InChI is InChI=1S/C17H22N2OS/c1-10-7-8-13(11(2)9-10)16-18-12(3)14(21-16)15(20)19-17(4,5)6/h7-9H,1-6H3,(H,19,20). The van der Waals surface area contributed by atoms with Crippen molar-refractivity contribution in [3.8, 4) is 10.6 Å².